The third kappa shape index (κ3) is 6.10. The van der Waals surface area contributed by atoms with Crippen LogP contribution in [0, 0.1) is 5.92 Å². The number of hydrogen-bond donors (Lipinski definition) is 1. The average molecular weight is 467 g/mol. The van der Waals surface area contributed by atoms with E-state index in [4.69, 9.17) is 14.2 Å². The second-order valence-electron chi connectivity index (χ2n) is 9.63. The molecule has 2 aromatic rings. The van der Waals surface area contributed by atoms with Gasteiger partial charge in [-0.15, -0.1) is 0 Å². The summed E-state index contributed by atoms with van der Waals surface area (Å²) in [6.07, 6.45) is 4.95. The smallest absolute Gasteiger partial charge is 0.235 e. The fraction of sp³-hybridized carbons (Fsp3) is 0.536. The van der Waals surface area contributed by atoms with Crippen LogP contribution in [0.1, 0.15) is 44.6 Å². The fourth-order valence-electron chi connectivity index (χ4n) is 4.93. The van der Waals surface area contributed by atoms with Crippen molar-refractivity contribution in [1.82, 2.24) is 4.90 Å². The van der Waals surface area contributed by atoms with Gasteiger partial charge in [0.2, 0.25) is 5.91 Å². The number of nitrogens with zero attached hydrogens (tertiary/aromatic N) is 1. The summed E-state index contributed by atoms with van der Waals surface area (Å²) in [4.78, 5) is 16.0. The van der Waals surface area contributed by atoms with Crippen LogP contribution in [0.5, 0.6) is 11.5 Å². The van der Waals surface area contributed by atoms with E-state index in [0.717, 1.165) is 41.6 Å². The minimum absolute atomic E-state index is 0.00508. The molecule has 4 rings (SSSR count). The Hall–Kier alpha value is -2.57. The summed E-state index contributed by atoms with van der Waals surface area (Å²) in [5.74, 6) is 2.49. The third-order valence-corrected chi connectivity index (χ3v) is 7.30. The van der Waals surface area contributed by atoms with Crippen molar-refractivity contribution in [2.45, 2.75) is 44.4 Å². The topological polar surface area (TPSA) is 60.0 Å². The largest absolute Gasteiger partial charge is 0.497 e. The van der Waals surface area contributed by atoms with E-state index in [-0.39, 0.29) is 5.91 Å². The van der Waals surface area contributed by atoms with Crippen molar-refractivity contribution >= 4 is 11.6 Å². The average Bonchev–Trinajstić information content (AvgIpc) is 2.89. The van der Waals surface area contributed by atoms with Gasteiger partial charge in [-0.1, -0.05) is 19.1 Å². The van der Waals surface area contributed by atoms with E-state index in [0.29, 0.717) is 32.7 Å². The zero-order chi connectivity index (χ0) is 23.8. The predicted molar refractivity (Wildman–Crippen MR) is 135 cm³/mol. The first-order valence-electron chi connectivity index (χ1n) is 12.6. The Morgan fingerprint density at radius 3 is 2.32 bits per heavy atom. The van der Waals surface area contributed by atoms with Gasteiger partial charge in [0.05, 0.1) is 19.1 Å². The summed E-state index contributed by atoms with van der Waals surface area (Å²) >= 11 is 0. The molecule has 0 radical (unpaired) electrons. The highest BCUT2D eigenvalue weighted by Crippen LogP contribution is 2.37. The van der Waals surface area contributed by atoms with Crippen molar-refractivity contribution in [1.29, 1.82) is 0 Å². The number of piperidine rings is 1. The van der Waals surface area contributed by atoms with E-state index in [2.05, 4.69) is 17.1 Å². The van der Waals surface area contributed by atoms with E-state index < -0.39 is 5.41 Å². The molecule has 0 aliphatic carbocycles. The zero-order valence-corrected chi connectivity index (χ0v) is 20.6. The molecule has 2 aliphatic heterocycles. The summed E-state index contributed by atoms with van der Waals surface area (Å²) < 4.78 is 16.8. The normalized spacial score (nSPS) is 18.9. The number of rotatable bonds is 9. The molecule has 0 bridgehead atoms. The highest BCUT2D eigenvalue weighted by Gasteiger charge is 2.41. The maximum atomic E-state index is 13.5. The molecule has 2 aromatic carbocycles. The first kappa shape index (κ1) is 24.6. The van der Waals surface area contributed by atoms with Crippen molar-refractivity contribution < 1.29 is 19.0 Å². The molecule has 1 N–H and O–H groups in total. The Morgan fingerprint density at radius 2 is 1.68 bits per heavy atom. The lowest BCUT2D eigenvalue weighted by molar-refractivity contribution is -0.125. The highest BCUT2D eigenvalue weighted by atomic mass is 16.5. The number of likely N-dealkylation sites (tertiary alicyclic amines) is 1. The molecule has 0 unspecified atom stereocenters. The standard InChI is InChI=1S/C28H38N2O4/c1-22-12-17-30(18-13-22)16-3-19-34-26-10-6-24(7-11-26)29-27(31)28(14-20-33-21-15-28)23-4-8-25(32-2)9-5-23/h4-11,22H,3,12-21H2,1-2H3,(H,29,31). The van der Waals surface area contributed by atoms with Crippen LogP contribution >= 0.6 is 0 Å². The summed E-state index contributed by atoms with van der Waals surface area (Å²) in [5.41, 5.74) is 1.17. The van der Waals surface area contributed by atoms with Gasteiger partial charge < -0.3 is 24.4 Å². The molecule has 2 saturated heterocycles. The maximum Gasteiger partial charge on any atom is 0.235 e. The quantitative estimate of drug-likeness (QED) is 0.534. The summed E-state index contributed by atoms with van der Waals surface area (Å²) in [6, 6.07) is 15.5. The first-order valence-corrected chi connectivity index (χ1v) is 12.6. The van der Waals surface area contributed by atoms with Crippen LogP contribution in [0.15, 0.2) is 48.5 Å². The van der Waals surface area contributed by atoms with E-state index in [9.17, 15) is 4.79 Å². The molecule has 34 heavy (non-hydrogen) atoms. The van der Waals surface area contributed by atoms with Crippen LogP contribution in [0.25, 0.3) is 0 Å². The van der Waals surface area contributed by atoms with Crippen LogP contribution in [-0.4, -0.2) is 57.4 Å². The lowest BCUT2D eigenvalue weighted by Crippen LogP contribution is -2.44. The minimum Gasteiger partial charge on any atom is -0.497 e. The van der Waals surface area contributed by atoms with Crippen molar-refractivity contribution in [3.63, 3.8) is 0 Å². The van der Waals surface area contributed by atoms with Crippen LogP contribution in [0.2, 0.25) is 0 Å². The molecule has 184 valence electrons. The molecule has 0 atom stereocenters. The minimum atomic E-state index is -0.605. The molecule has 0 spiro atoms. The van der Waals surface area contributed by atoms with Gasteiger partial charge in [0, 0.05) is 25.4 Å². The molecule has 2 fully saturated rings. The van der Waals surface area contributed by atoms with Gasteiger partial charge in [-0.05, 0) is 93.1 Å². The Balaban J connectivity index is 1.31. The number of amides is 1. The molecular formula is C28H38N2O4. The zero-order valence-electron chi connectivity index (χ0n) is 20.6. The van der Waals surface area contributed by atoms with Crippen LogP contribution < -0.4 is 14.8 Å². The number of nitrogens with one attached hydrogen (secondary N) is 1. The van der Waals surface area contributed by atoms with Crippen molar-refractivity contribution in [3.8, 4) is 11.5 Å². The third-order valence-electron chi connectivity index (χ3n) is 7.30. The number of methoxy groups -OCH3 is 1. The molecule has 2 heterocycles. The van der Waals surface area contributed by atoms with E-state index in [1.807, 2.05) is 48.5 Å². The van der Waals surface area contributed by atoms with E-state index in [1.54, 1.807) is 7.11 Å². The molecule has 1 amide bonds. The maximum absolute atomic E-state index is 13.5. The monoisotopic (exact) mass is 466 g/mol. The summed E-state index contributed by atoms with van der Waals surface area (Å²) in [5, 5.41) is 3.13. The lowest BCUT2D eigenvalue weighted by Gasteiger charge is -2.36. The Labute approximate surface area is 203 Å². The van der Waals surface area contributed by atoms with Crippen LogP contribution in [-0.2, 0) is 14.9 Å². The fourth-order valence-corrected chi connectivity index (χ4v) is 4.93. The summed E-state index contributed by atoms with van der Waals surface area (Å²) in [7, 11) is 1.65. The molecule has 6 nitrogen and oxygen atoms in total. The molecule has 6 heteroatoms. The summed E-state index contributed by atoms with van der Waals surface area (Å²) in [6.45, 7) is 7.70. The number of carbonyl (C=O) groups is 1. The number of hydrogen-bond acceptors (Lipinski definition) is 5. The van der Waals surface area contributed by atoms with E-state index >= 15 is 0 Å². The van der Waals surface area contributed by atoms with Crippen molar-refractivity contribution in [2.24, 2.45) is 5.92 Å². The molecule has 0 saturated carbocycles. The second-order valence-corrected chi connectivity index (χ2v) is 9.63. The Bertz CT molecular complexity index is 899. The van der Waals surface area contributed by atoms with Gasteiger partial charge >= 0.3 is 0 Å². The highest BCUT2D eigenvalue weighted by molar-refractivity contribution is 5.99. The van der Waals surface area contributed by atoms with Gasteiger partial charge in [-0.2, -0.15) is 0 Å². The van der Waals surface area contributed by atoms with E-state index in [1.165, 1.54) is 25.9 Å². The molecule has 0 aromatic heterocycles. The number of benzene rings is 2. The number of anilines is 1. The first-order chi connectivity index (χ1) is 16.6. The van der Waals surface area contributed by atoms with Crippen molar-refractivity contribution in [3.05, 3.63) is 54.1 Å². The van der Waals surface area contributed by atoms with Gasteiger partial charge in [0.15, 0.2) is 0 Å². The van der Waals surface area contributed by atoms with Crippen LogP contribution in [0.4, 0.5) is 5.69 Å². The number of carbonyl (C=O) groups excluding carboxylic acids is 1. The van der Waals surface area contributed by atoms with Crippen LogP contribution in [0.3, 0.4) is 0 Å². The Kier molecular flexibility index (Phi) is 8.46. The molecule has 2 aliphatic rings. The second kappa shape index (κ2) is 11.7. The SMILES string of the molecule is COc1ccc(C2(C(=O)Nc3ccc(OCCCN4CCC(C)CC4)cc3)CCOCC2)cc1. The lowest BCUT2D eigenvalue weighted by atomic mass is 9.73. The van der Waals surface area contributed by atoms with Gasteiger partial charge in [0.25, 0.3) is 0 Å². The van der Waals surface area contributed by atoms with Gasteiger partial charge in [-0.3, -0.25) is 4.79 Å². The van der Waals surface area contributed by atoms with Gasteiger partial charge in [0.1, 0.15) is 11.5 Å². The number of ether oxygens (including phenoxy) is 3. The van der Waals surface area contributed by atoms with Gasteiger partial charge in [-0.25, -0.2) is 0 Å². The predicted octanol–water partition coefficient (Wildman–Crippen LogP) is 4.88. The van der Waals surface area contributed by atoms with Crippen molar-refractivity contribution in [2.75, 3.05) is 51.9 Å². The Morgan fingerprint density at radius 1 is 1.03 bits per heavy atom. The molecular weight excluding hydrogens is 428 g/mol.